The maximum atomic E-state index is 15.0. The summed E-state index contributed by atoms with van der Waals surface area (Å²) in [5.74, 6) is -2.44. The van der Waals surface area contributed by atoms with Crippen molar-refractivity contribution in [1.82, 2.24) is 14.8 Å². The molecule has 0 spiro atoms. The summed E-state index contributed by atoms with van der Waals surface area (Å²) in [6.45, 7) is 1.94. The van der Waals surface area contributed by atoms with Gasteiger partial charge in [-0.1, -0.05) is 31.5 Å². The number of halogens is 6. The first kappa shape index (κ1) is 41.3. The van der Waals surface area contributed by atoms with Crippen molar-refractivity contribution in [2.75, 3.05) is 26.2 Å². The summed E-state index contributed by atoms with van der Waals surface area (Å²) in [6.07, 6.45) is -6.31. The number of benzene rings is 1. The third-order valence-electron chi connectivity index (χ3n) is 10.1. The van der Waals surface area contributed by atoms with Crippen molar-refractivity contribution in [2.24, 2.45) is 0 Å². The van der Waals surface area contributed by atoms with E-state index in [4.69, 9.17) is 14.6 Å². The quantitative estimate of drug-likeness (QED) is 0.136. The number of aromatic nitrogens is 1. The SMILES string of the molecule is CCC[C@H]1N(C(=O)c2cnccc2C(F)(F)F)CCC[C@@]1(Oc1csc(C(F)(F)F)c1)C(=O)N1CCC(C#N)(c2ccccc2OCCCCC(=O)O)CC1. The fraction of sp³-hybridized carbons (Fsp3) is 0.500. The van der Waals surface area contributed by atoms with Crippen molar-refractivity contribution in [3.8, 4) is 17.6 Å². The average Bonchev–Trinajstić information content (AvgIpc) is 3.64. The van der Waals surface area contributed by atoms with Gasteiger partial charge in [0.25, 0.3) is 11.8 Å². The molecule has 3 aromatic rings. The third kappa shape index (κ3) is 9.01. The van der Waals surface area contributed by atoms with Gasteiger partial charge in [-0.15, -0.1) is 11.3 Å². The number of hydrogen-bond donors (Lipinski definition) is 1. The van der Waals surface area contributed by atoms with Crippen LogP contribution in [-0.4, -0.2) is 75.6 Å². The van der Waals surface area contributed by atoms with Crippen molar-refractivity contribution in [3.05, 3.63) is 75.7 Å². The second-order valence-corrected chi connectivity index (χ2v) is 14.6. The zero-order chi connectivity index (χ0) is 40.0. The number of nitriles is 1. The molecule has 10 nitrogen and oxygen atoms in total. The van der Waals surface area contributed by atoms with Gasteiger partial charge < -0.3 is 24.4 Å². The van der Waals surface area contributed by atoms with E-state index in [0.717, 1.165) is 28.7 Å². The number of pyridine rings is 1. The van der Waals surface area contributed by atoms with Crippen molar-refractivity contribution >= 4 is 29.1 Å². The molecule has 0 saturated carbocycles. The number of carboxylic acid groups (broad SMARTS) is 1. The van der Waals surface area contributed by atoms with E-state index in [0.29, 0.717) is 48.0 Å². The molecule has 5 rings (SSSR count). The zero-order valence-electron chi connectivity index (χ0n) is 29.9. The summed E-state index contributed by atoms with van der Waals surface area (Å²) in [7, 11) is 0. The summed E-state index contributed by atoms with van der Waals surface area (Å²) in [6, 6.07) is 9.61. The minimum atomic E-state index is -4.90. The van der Waals surface area contributed by atoms with Crippen molar-refractivity contribution in [2.45, 2.75) is 94.1 Å². The highest BCUT2D eigenvalue weighted by Crippen LogP contribution is 2.45. The Labute approximate surface area is 317 Å². The highest BCUT2D eigenvalue weighted by atomic mass is 32.1. The van der Waals surface area contributed by atoms with Crippen LogP contribution in [0, 0.1) is 11.3 Å². The molecular formula is C38H40F6N4O6S. The fourth-order valence-electron chi connectivity index (χ4n) is 7.45. The van der Waals surface area contributed by atoms with Crippen LogP contribution in [0.1, 0.15) is 91.1 Å². The van der Waals surface area contributed by atoms with E-state index < -0.39 is 63.2 Å². The van der Waals surface area contributed by atoms with Crippen LogP contribution < -0.4 is 9.47 Å². The van der Waals surface area contributed by atoms with Crippen LogP contribution in [0.15, 0.2) is 54.2 Å². The van der Waals surface area contributed by atoms with E-state index in [1.807, 2.05) is 0 Å². The van der Waals surface area contributed by atoms with E-state index in [2.05, 4.69) is 11.1 Å². The molecule has 55 heavy (non-hydrogen) atoms. The molecular weight excluding hydrogens is 754 g/mol. The molecule has 1 N–H and O–H groups in total. The molecule has 2 aliphatic rings. The summed E-state index contributed by atoms with van der Waals surface area (Å²) in [4.78, 5) is 45.3. The number of para-hydroxylation sites is 1. The van der Waals surface area contributed by atoms with Crippen LogP contribution in [0.5, 0.6) is 11.5 Å². The zero-order valence-corrected chi connectivity index (χ0v) is 30.7. The number of unbranched alkanes of at least 4 members (excludes halogenated alkanes) is 1. The predicted molar refractivity (Wildman–Crippen MR) is 187 cm³/mol. The second kappa shape index (κ2) is 16.9. The number of aliphatic carboxylic acids is 1. The Kier molecular flexibility index (Phi) is 12.7. The highest BCUT2D eigenvalue weighted by Gasteiger charge is 2.57. The van der Waals surface area contributed by atoms with E-state index >= 15 is 0 Å². The van der Waals surface area contributed by atoms with Crippen LogP contribution in [0.3, 0.4) is 0 Å². The lowest BCUT2D eigenvalue weighted by molar-refractivity contribution is -0.160. The lowest BCUT2D eigenvalue weighted by atomic mass is 9.72. The Morgan fingerprint density at radius 2 is 1.76 bits per heavy atom. The van der Waals surface area contributed by atoms with Gasteiger partial charge in [0.1, 0.15) is 16.4 Å². The number of amides is 2. The number of carboxylic acids is 1. The second-order valence-electron chi connectivity index (χ2n) is 13.6. The third-order valence-corrected chi connectivity index (χ3v) is 11.1. The van der Waals surface area contributed by atoms with Crippen LogP contribution in [0.25, 0.3) is 0 Å². The molecule has 2 amide bonds. The van der Waals surface area contributed by atoms with Gasteiger partial charge in [-0.05, 0) is 50.7 Å². The number of likely N-dealkylation sites (tertiary alicyclic amines) is 2. The van der Waals surface area contributed by atoms with Gasteiger partial charge in [0.15, 0.2) is 0 Å². The number of rotatable bonds is 13. The molecule has 0 radical (unpaired) electrons. The van der Waals surface area contributed by atoms with Crippen molar-refractivity contribution in [3.63, 3.8) is 0 Å². The molecule has 2 aromatic heterocycles. The number of thiophene rings is 1. The summed E-state index contributed by atoms with van der Waals surface area (Å²) in [5.41, 5.74) is -4.45. The van der Waals surface area contributed by atoms with Crippen molar-refractivity contribution < 1.29 is 55.3 Å². The minimum absolute atomic E-state index is 0.00943. The van der Waals surface area contributed by atoms with Gasteiger partial charge in [0, 0.05) is 61.9 Å². The number of ether oxygens (including phenoxy) is 2. The Bertz CT molecular complexity index is 1890. The van der Waals surface area contributed by atoms with Crippen LogP contribution >= 0.6 is 11.3 Å². The molecule has 0 unspecified atom stereocenters. The predicted octanol–water partition coefficient (Wildman–Crippen LogP) is 8.12. The fourth-order valence-corrected chi connectivity index (χ4v) is 8.13. The van der Waals surface area contributed by atoms with Crippen molar-refractivity contribution in [1.29, 1.82) is 5.26 Å². The number of hydrogen-bond acceptors (Lipinski definition) is 8. The Morgan fingerprint density at radius 3 is 2.40 bits per heavy atom. The lowest BCUT2D eigenvalue weighted by Crippen LogP contribution is -2.68. The van der Waals surface area contributed by atoms with Gasteiger partial charge in [0.2, 0.25) is 5.60 Å². The highest BCUT2D eigenvalue weighted by molar-refractivity contribution is 7.10. The molecule has 1 aromatic carbocycles. The largest absolute Gasteiger partial charge is 0.493 e. The standard InChI is InChI=1S/C38H40F6N4O6S/c1-2-8-30-36(54-25-21-31(55-23-25)38(42,43)44,13-7-17-48(30)33(51)26-22-46-16-12-27(26)37(39,40)41)34(52)47-18-14-35(24-45,15-19-47)28-9-3-4-10-29(28)53-20-6-5-11-32(49)50/h3-4,9-10,12,16,21-23,30H,2,5-8,11,13-15,17-20H2,1H3,(H,49,50)/t30-,36+/m1/s1. The van der Waals surface area contributed by atoms with E-state index in [1.165, 1.54) is 4.90 Å². The van der Waals surface area contributed by atoms with Gasteiger partial charge in [0.05, 0.1) is 35.3 Å². The molecule has 296 valence electrons. The first-order valence-electron chi connectivity index (χ1n) is 17.9. The molecule has 4 heterocycles. The molecule has 2 atom stereocenters. The summed E-state index contributed by atoms with van der Waals surface area (Å²) in [5, 5.41) is 20.6. The number of alkyl halides is 6. The average molecular weight is 795 g/mol. The molecule has 17 heteroatoms. The van der Waals surface area contributed by atoms with Crippen LogP contribution in [0.4, 0.5) is 26.3 Å². The number of carbonyl (C=O) groups is 3. The Balaban J connectivity index is 1.48. The van der Waals surface area contributed by atoms with Gasteiger partial charge in [-0.2, -0.15) is 31.6 Å². The smallest absolute Gasteiger partial charge is 0.425 e. The van der Waals surface area contributed by atoms with Gasteiger partial charge in [-0.3, -0.25) is 19.4 Å². The lowest BCUT2D eigenvalue weighted by Gasteiger charge is -2.51. The molecule has 0 bridgehead atoms. The van der Waals surface area contributed by atoms with E-state index in [9.17, 15) is 46.0 Å². The maximum Gasteiger partial charge on any atom is 0.425 e. The topological polar surface area (TPSA) is 133 Å². The van der Waals surface area contributed by atoms with Gasteiger partial charge >= 0.3 is 18.3 Å². The number of carbonyl (C=O) groups excluding carboxylic acids is 2. The first-order valence-corrected chi connectivity index (χ1v) is 18.8. The summed E-state index contributed by atoms with van der Waals surface area (Å²) >= 11 is 0.363. The Hall–Kier alpha value is -4.85. The molecule has 0 aliphatic carbocycles. The molecule has 2 saturated heterocycles. The van der Waals surface area contributed by atoms with E-state index in [-0.39, 0.29) is 70.5 Å². The van der Waals surface area contributed by atoms with Gasteiger partial charge in [-0.25, -0.2) is 0 Å². The Morgan fingerprint density at radius 1 is 1.04 bits per heavy atom. The maximum absolute atomic E-state index is 15.0. The summed E-state index contributed by atoms with van der Waals surface area (Å²) < 4.78 is 95.6. The monoisotopic (exact) mass is 794 g/mol. The first-order chi connectivity index (χ1) is 26.1. The normalized spacial score (nSPS) is 20.1. The molecule has 2 aliphatic heterocycles. The molecule has 2 fully saturated rings. The minimum Gasteiger partial charge on any atom is -0.493 e. The van der Waals surface area contributed by atoms with E-state index in [1.54, 1.807) is 31.2 Å². The number of nitrogens with zero attached hydrogens (tertiary/aromatic N) is 4. The number of piperidine rings is 2. The van der Waals surface area contributed by atoms with Crippen LogP contribution in [0.2, 0.25) is 0 Å². The van der Waals surface area contributed by atoms with Crippen LogP contribution in [-0.2, 0) is 27.4 Å².